The topological polar surface area (TPSA) is 54.9 Å². The predicted octanol–water partition coefficient (Wildman–Crippen LogP) is 2.98. The molecule has 6 heteroatoms. The largest absolute Gasteiger partial charge is 0.369 e. The summed E-state index contributed by atoms with van der Waals surface area (Å²) in [4.78, 5) is 8.64. The summed E-state index contributed by atoms with van der Waals surface area (Å²) < 4.78 is 11.4. The van der Waals surface area contributed by atoms with Gasteiger partial charge in [-0.05, 0) is 0 Å². The second-order valence-electron chi connectivity index (χ2n) is 4.12. The summed E-state index contributed by atoms with van der Waals surface area (Å²) >= 11 is 6.02. The minimum absolute atomic E-state index is 0.387. The van der Waals surface area contributed by atoms with Crippen molar-refractivity contribution in [1.82, 2.24) is 9.97 Å². The van der Waals surface area contributed by atoms with Crippen LogP contribution < -0.4 is 5.32 Å². The van der Waals surface area contributed by atoms with Crippen LogP contribution >= 0.6 is 11.6 Å². The van der Waals surface area contributed by atoms with Gasteiger partial charge in [0.2, 0.25) is 0 Å². The number of halogens is 1. The Kier molecular flexibility index (Phi) is 5.49. The molecule has 0 fully saturated rings. The lowest BCUT2D eigenvalue weighted by Gasteiger charge is -2.07. The van der Waals surface area contributed by atoms with E-state index in [4.69, 9.17) is 11.6 Å². The Bertz CT molecular complexity index is 592. The van der Waals surface area contributed by atoms with Crippen molar-refractivity contribution in [3.63, 3.8) is 0 Å². The van der Waals surface area contributed by atoms with Crippen LogP contribution in [-0.4, -0.2) is 32.2 Å². The Morgan fingerprint density at radius 2 is 2.00 bits per heavy atom. The maximum atomic E-state index is 11.4. The molecule has 0 bridgehead atoms. The fourth-order valence-electron chi connectivity index (χ4n) is 1.66. The molecule has 0 spiro atoms. The summed E-state index contributed by atoms with van der Waals surface area (Å²) in [6.07, 6.45) is 0. The highest BCUT2D eigenvalue weighted by Crippen LogP contribution is 2.19. The van der Waals surface area contributed by atoms with E-state index >= 15 is 0 Å². The number of hydrogen-bond donors (Lipinski definition) is 1. The Morgan fingerprint density at radius 3 is 2.70 bits per heavy atom. The quantitative estimate of drug-likeness (QED) is 0.834. The summed E-state index contributed by atoms with van der Waals surface area (Å²) in [7, 11) is -0.786. The zero-order chi connectivity index (χ0) is 14.4. The normalized spacial score (nSPS) is 12.1. The van der Waals surface area contributed by atoms with Crippen LogP contribution in [0.1, 0.15) is 6.92 Å². The van der Waals surface area contributed by atoms with Gasteiger partial charge >= 0.3 is 0 Å². The van der Waals surface area contributed by atoms with Crippen molar-refractivity contribution in [2.75, 3.05) is 23.4 Å². The Hall–Kier alpha value is -1.46. The molecule has 1 aromatic heterocycles. The number of hydrogen-bond acceptors (Lipinski definition) is 4. The van der Waals surface area contributed by atoms with Crippen LogP contribution in [0.2, 0.25) is 5.15 Å². The lowest BCUT2D eigenvalue weighted by atomic mass is 10.2. The molecular weight excluding hydrogens is 294 g/mol. The lowest BCUT2D eigenvalue weighted by molar-refractivity contribution is 0.684. The maximum Gasteiger partial charge on any atom is 0.163 e. The van der Waals surface area contributed by atoms with Crippen LogP contribution in [0, 0.1) is 0 Å². The Morgan fingerprint density at radius 1 is 1.25 bits per heavy atom. The molecule has 1 N–H and O–H groups in total. The second kappa shape index (κ2) is 7.36. The number of aromatic nitrogens is 2. The standard InChI is InChI=1S/C14H16ClN3OS/c1-2-20(19)9-8-16-13-10-12(15)17-14(18-13)11-6-4-3-5-7-11/h3-7,10H,2,8-9H2,1H3,(H,16,17,18). The summed E-state index contributed by atoms with van der Waals surface area (Å²) in [6, 6.07) is 11.3. The highest BCUT2D eigenvalue weighted by Gasteiger charge is 2.05. The lowest BCUT2D eigenvalue weighted by Crippen LogP contribution is -2.13. The molecule has 106 valence electrons. The van der Waals surface area contributed by atoms with Crippen LogP contribution in [0.3, 0.4) is 0 Å². The molecule has 0 saturated carbocycles. The summed E-state index contributed by atoms with van der Waals surface area (Å²) in [5.41, 5.74) is 0.912. The van der Waals surface area contributed by atoms with Gasteiger partial charge in [-0.25, -0.2) is 9.97 Å². The van der Waals surface area contributed by atoms with Crippen molar-refractivity contribution in [3.8, 4) is 11.4 Å². The van der Waals surface area contributed by atoms with Gasteiger partial charge in [0, 0.05) is 40.5 Å². The highest BCUT2D eigenvalue weighted by atomic mass is 35.5. The first-order valence-electron chi connectivity index (χ1n) is 6.38. The summed E-state index contributed by atoms with van der Waals surface area (Å²) in [6.45, 7) is 2.51. The van der Waals surface area contributed by atoms with Crippen LogP contribution in [0.4, 0.5) is 5.82 Å². The number of nitrogens with one attached hydrogen (secondary N) is 1. The Balaban J connectivity index is 2.11. The summed E-state index contributed by atoms with van der Waals surface area (Å²) in [5, 5.41) is 3.52. The van der Waals surface area contributed by atoms with Gasteiger partial charge in [0.15, 0.2) is 5.82 Å². The van der Waals surface area contributed by atoms with E-state index in [1.54, 1.807) is 6.07 Å². The molecule has 0 aliphatic carbocycles. The first-order valence-corrected chi connectivity index (χ1v) is 8.24. The van der Waals surface area contributed by atoms with Crippen LogP contribution in [0.25, 0.3) is 11.4 Å². The van der Waals surface area contributed by atoms with Gasteiger partial charge in [-0.15, -0.1) is 0 Å². The van der Waals surface area contributed by atoms with Crippen molar-refractivity contribution in [3.05, 3.63) is 41.6 Å². The first kappa shape index (κ1) is 14.9. The molecule has 4 nitrogen and oxygen atoms in total. The smallest absolute Gasteiger partial charge is 0.163 e. The van der Waals surface area contributed by atoms with Crippen LogP contribution in [-0.2, 0) is 10.8 Å². The maximum absolute atomic E-state index is 11.4. The van der Waals surface area contributed by atoms with E-state index < -0.39 is 10.8 Å². The van der Waals surface area contributed by atoms with E-state index in [0.29, 0.717) is 34.8 Å². The van der Waals surface area contributed by atoms with Gasteiger partial charge < -0.3 is 5.32 Å². The fraction of sp³-hybridized carbons (Fsp3) is 0.286. The van der Waals surface area contributed by atoms with Crippen molar-refractivity contribution < 1.29 is 4.21 Å². The van der Waals surface area contributed by atoms with E-state index in [1.165, 1.54) is 0 Å². The fourth-order valence-corrected chi connectivity index (χ4v) is 2.46. The predicted molar refractivity (Wildman–Crippen MR) is 84.5 cm³/mol. The third kappa shape index (κ3) is 4.28. The second-order valence-corrected chi connectivity index (χ2v) is 6.38. The molecule has 0 radical (unpaired) electrons. The van der Waals surface area contributed by atoms with E-state index in [9.17, 15) is 4.21 Å². The highest BCUT2D eigenvalue weighted by molar-refractivity contribution is 7.84. The van der Waals surface area contributed by atoms with E-state index in [1.807, 2.05) is 37.3 Å². The molecule has 2 aromatic rings. The minimum Gasteiger partial charge on any atom is -0.369 e. The average molecular weight is 310 g/mol. The van der Waals surface area contributed by atoms with Gasteiger partial charge in [-0.1, -0.05) is 48.9 Å². The first-order chi connectivity index (χ1) is 9.69. The molecule has 0 aliphatic rings. The van der Waals surface area contributed by atoms with Crippen molar-refractivity contribution in [1.29, 1.82) is 0 Å². The molecule has 0 amide bonds. The van der Waals surface area contributed by atoms with Gasteiger partial charge in [-0.3, -0.25) is 4.21 Å². The van der Waals surface area contributed by atoms with Gasteiger partial charge in [-0.2, -0.15) is 0 Å². The van der Waals surface area contributed by atoms with Crippen molar-refractivity contribution in [2.45, 2.75) is 6.92 Å². The summed E-state index contributed by atoms with van der Waals surface area (Å²) in [5.74, 6) is 2.49. The van der Waals surface area contributed by atoms with Crippen molar-refractivity contribution in [2.24, 2.45) is 0 Å². The molecule has 1 heterocycles. The zero-order valence-corrected chi connectivity index (χ0v) is 12.7. The number of rotatable bonds is 6. The SMILES string of the molecule is CCS(=O)CCNc1cc(Cl)nc(-c2ccccc2)n1. The number of anilines is 1. The van der Waals surface area contributed by atoms with Crippen LogP contribution in [0.5, 0.6) is 0 Å². The Labute approximate surface area is 126 Å². The third-order valence-corrected chi connectivity index (χ3v) is 4.18. The van der Waals surface area contributed by atoms with Crippen LogP contribution in [0.15, 0.2) is 36.4 Å². The third-order valence-electron chi connectivity index (χ3n) is 2.68. The van der Waals surface area contributed by atoms with E-state index in [-0.39, 0.29) is 0 Å². The molecule has 1 aromatic carbocycles. The average Bonchev–Trinajstić information content (AvgIpc) is 2.47. The molecular formula is C14H16ClN3OS. The van der Waals surface area contributed by atoms with E-state index in [2.05, 4.69) is 15.3 Å². The van der Waals surface area contributed by atoms with Gasteiger partial charge in [0.1, 0.15) is 11.0 Å². The number of nitrogens with zero attached hydrogens (tertiary/aromatic N) is 2. The molecule has 1 atom stereocenters. The molecule has 20 heavy (non-hydrogen) atoms. The minimum atomic E-state index is -0.786. The number of benzene rings is 1. The zero-order valence-electron chi connectivity index (χ0n) is 11.2. The van der Waals surface area contributed by atoms with Gasteiger partial charge in [0.05, 0.1) is 0 Å². The van der Waals surface area contributed by atoms with Gasteiger partial charge in [0.25, 0.3) is 0 Å². The molecule has 1 unspecified atom stereocenters. The molecule has 0 aliphatic heterocycles. The molecule has 2 rings (SSSR count). The monoisotopic (exact) mass is 309 g/mol. The van der Waals surface area contributed by atoms with Crippen molar-refractivity contribution >= 4 is 28.2 Å². The van der Waals surface area contributed by atoms with E-state index in [0.717, 1.165) is 5.56 Å². The molecule has 0 saturated heterocycles.